The van der Waals surface area contributed by atoms with E-state index in [1.807, 2.05) is 0 Å². The molecule has 0 radical (unpaired) electrons. The van der Waals surface area contributed by atoms with Crippen molar-refractivity contribution in [2.24, 2.45) is 0 Å². The minimum atomic E-state index is -0.0625. The van der Waals surface area contributed by atoms with Crippen molar-refractivity contribution in [2.75, 3.05) is 5.54 Å². The summed E-state index contributed by atoms with van der Waals surface area (Å²) in [5, 5.41) is 7.43. The summed E-state index contributed by atoms with van der Waals surface area (Å²) < 4.78 is 0. The topological polar surface area (TPSA) is 51.7 Å². The molecule has 0 aliphatic heterocycles. The molecule has 0 aliphatic rings. The quantitative estimate of drug-likeness (QED) is 0.410. The van der Waals surface area contributed by atoms with Crippen molar-refractivity contribution in [1.82, 2.24) is 0 Å². The Hall–Kier alpha value is 0.426. The predicted molar refractivity (Wildman–Crippen MR) is 10.7 cm³/mol. The third-order valence-corrected chi connectivity index (χ3v) is 0. The Morgan fingerprint density at radius 1 is 1.75 bits per heavy atom. The Kier molecular flexibility index (Phi) is 21.9. The second kappa shape index (κ2) is 9.91. The molecule has 30 valence electrons. The van der Waals surface area contributed by atoms with Crippen LogP contribution >= 0.6 is 0 Å². The van der Waals surface area contributed by atoms with E-state index >= 15 is 0 Å². The molecule has 0 saturated carbocycles. The van der Waals surface area contributed by atoms with Crippen molar-refractivity contribution in [2.45, 2.75) is 0 Å². The van der Waals surface area contributed by atoms with Gasteiger partial charge in [-0.15, -0.1) is 0 Å². The van der Waals surface area contributed by atoms with Crippen molar-refractivity contribution in [3.8, 4) is 0 Å². The first kappa shape index (κ1) is 8.83. The molecular weight excluding hydrogens is 103 g/mol. The Labute approximate surface area is 32.7 Å². The standard InChI is InChI=1S/CH3O.Co.H2O/c1-2;;/h2H,1H2;;1H2. The average molecular weight is 108 g/mol. The molecule has 0 atom stereocenters. The van der Waals surface area contributed by atoms with Crippen LogP contribution < -0.4 is 0 Å². The molecule has 0 aromatic heterocycles. The third kappa shape index (κ3) is 27.1. The van der Waals surface area contributed by atoms with Crippen molar-refractivity contribution in [3.05, 3.63) is 0 Å². The van der Waals surface area contributed by atoms with E-state index in [0.29, 0.717) is 0 Å². The van der Waals surface area contributed by atoms with Gasteiger partial charge in [0.05, 0.1) is 0 Å². The average Bonchev–Trinajstić information content (AvgIpc) is 0.918. The Morgan fingerprint density at radius 3 is 1.75 bits per heavy atom. The number of aliphatic hydroxyl groups is 1. The molecule has 0 saturated heterocycles. The molecule has 3 N–H and O–H groups in total. The molecule has 3 heteroatoms. The first-order valence-corrected chi connectivity index (χ1v) is 1.29. The number of aliphatic hydroxyl groups excluding tert-OH is 1. The first-order chi connectivity index (χ1) is 1.41. The fraction of sp³-hybridized carbons (Fsp3) is 1.00. The van der Waals surface area contributed by atoms with Crippen LogP contribution in [0.25, 0.3) is 0 Å². The van der Waals surface area contributed by atoms with E-state index in [4.69, 9.17) is 5.11 Å². The van der Waals surface area contributed by atoms with E-state index in [1.54, 1.807) is 0 Å². The molecule has 0 aromatic rings. The number of rotatable bonds is 0. The normalized spacial score (nSPS) is 4.75. The van der Waals surface area contributed by atoms with Gasteiger partial charge in [0.15, 0.2) is 0 Å². The Bertz CT molecular complexity index is 6.00. The van der Waals surface area contributed by atoms with Gasteiger partial charge in [0, 0.05) is 0 Å². The zero-order chi connectivity index (χ0) is 2.71. The molecule has 2 nitrogen and oxygen atoms in total. The summed E-state index contributed by atoms with van der Waals surface area (Å²) in [5.41, 5.74) is -0.0625. The van der Waals surface area contributed by atoms with E-state index in [1.165, 1.54) is 0 Å². The molecule has 0 aromatic carbocycles. The molecule has 0 aliphatic carbocycles. The minimum absolute atomic E-state index is 0. The molecule has 4 heavy (non-hydrogen) atoms. The zero-order valence-electron chi connectivity index (χ0n) is 1.99. The molecule has 0 amide bonds. The third-order valence-electron chi connectivity index (χ3n) is 0. The van der Waals surface area contributed by atoms with Gasteiger partial charge in [0.1, 0.15) is 0 Å². The van der Waals surface area contributed by atoms with Crippen molar-refractivity contribution in [3.63, 3.8) is 0 Å². The van der Waals surface area contributed by atoms with Crippen LogP contribution in [-0.4, -0.2) is 16.1 Å². The maximum absolute atomic E-state index is 7.43. The van der Waals surface area contributed by atoms with Crippen LogP contribution in [0.5, 0.6) is 0 Å². The SMILES string of the molecule is O.O[CH2][Co]. The molecular formula is CH5CoO2. The molecule has 0 heterocycles. The molecule has 0 unspecified atom stereocenters. The van der Waals surface area contributed by atoms with Gasteiger partial charge in [-0.05, 0) is 0 Å². The first-order valence-electron chi connectivity index (χ1n) is 0.552. The second-order valence-corrected chi connectivity index (χ2v) is 0.435. The predicted octanol–water partition coefficient (Wildman–Crippen LogP) is -1.34. The molecule has 0 fully saturated rings. The summed E-state index contributed by atoms with van der Waals surface area (Å²) in [5.74, 6) is 0. The summed E-state index contributed by atoms with van der Waals surface area (Å²) in [6, 6.07) is 0. The van der Waals surface area contributed by atoms with E-state index in [-0.39, 0.29) is 11.0 Å². The van der Waals surface area contributed by atoms with E-state index < -0.39 is 0 Å². The van der Waals surface area contributed by atoms with Crippen molar-refractivity contribution in [1.29, 1.82) is 0 Å². The van der Waals surface area contributed by atoms with Crippen LogP contribution in [0, 0.1) is 0 Å². The van der Waals surface area contributed by atoms with Gasteiger partial charge < -0.3 is 5.48 Å². The van der Waals surface area contributed by atoms with Gasteiger partial charge in [-0.2, -0.15) is 0 Å². The Morgan fingerprint density at radius 2 is 1.75 bits per heavy atom. The van der Waals surface area contributed by atoms with Crippen LogP contribution in [0.2, 0.25) is 0 Å². The van der Waals surface area contributed by atoms with E-state index in [9.17, 15) is 0 Å². The summed E-state index contributed by atoms with van der Waals surface area (Å²) in [7, 11) is 0. The number of hydrogen-bond acceptors (Lipinski definition) is 1. The monoisotopic (exact) mass is 108 g/mol. The van der Waals surface area contributed by atoms with Gasteiger partial charge in [0.25, 0.3) is 0 Å². The van der Waals surface area contributed by atoms with Crippen LogP contribution in [0.4, 0.5) is 0 Å². The second-order valence-electron chi connectivity index (χ2n) is 0.105. The summed E-state index contributed by atoms with van der Waals surface area (Å²) in [4.78, 5) is 0. The van der Waals surface area contributed by atoms with Gasteiger partial charge >= 0.3 is 26.4 Å². The van der Waals surface area contributed by atoms with E-state index in [0.717, 1.165) is 0 Å². The fourth-order valence-electron chi connectivity index (χ4n) is 0. The molecule has 0 bridgehead atoms. The molecule has 0 spiro atoms. The van der Waals surface area contributed by atoms with Gasteiger partial charge in [0.2, 0.25) is 0 Å². The fourth-order valence-corrected chi connectivity index (χ4v) is 0. The van der Waals surface area contributed by atoms with Crippen LogP contribution in [0.15, 0.2) is 0 Å². The van der Waals surface area contributed by atoms with E-state index in [2.05, 4.69) is 15.7 Å². The summed E-state index contributed by atoms with van der Waals surface area (Å²) >= 11 is 3.38. The van der Waals surface area contributed by atoms with Crippen molar-refractivity contribution < 1.29 is 26.3 Å². The van der Waals surface area contributed by atoms with Gasteiger partial charge in [-0.1, -0.05) is 0 Å². The maximum atomic E-state index is 7.43. The van der Waals surface area contributed by atoms with Crippen molar-refractivity contribution >= 4 is 0 Å². The van der Waals surface area contributed by atoms with Gasteiger partial charge in [-0.25, -0.2) is 0 Å². The molecule has 0 rings (SSSR count). The zero-order valence-corrected chi connectivity index (χ0v) is 3.03. The van der Waals surface area contributed by atoms with Crippen LogP contribution in [0.1, 0.15) is 0 Å². The van der Waals surface area contributed by atoms with Gasteiger partial charge in [-0.3, -0.25) is 0 Å². The number of hydrogen-bond donors (Lipinski definition) is 1. The summed E-state index contributed by atoms with van der Waals surface area (Å²) in [6.45, 7) is 0. The van der Waals surface area contributed by atoms with Crippen LogP contribution in [-0.2, 0) is 15.7 Å². The van der Waals surface area contributed by atoms with Crippen LogP contribution in [0.3, 0.4) is 0 Å². The summed E-state index contributed by atoms with van der Waals surface area (Å²) in [6.07, 6.45) is 0. The Balaban J connectivity index is 0.